The second-order valence-corrected chi connectivity index (χ2v) is 15.3. The van der Waals surface area contributed by atoms with Gasteiger partial charge >= 0.3 is 0 Å². The molecule has 0 unspecified atom stereocenters. The van der Waals surface area contributed by atoms with Crippen LogP contribution in [0.1, 0.15) is 47.2 Å². The van der Waals surface area contributed by atoms with E-state index in [-0.39, 0.29) is 10.8 Å². The van der Waals surface area contributed by atoms with Crippen LogP contribution in [-0.2, 0) is 10.8 Å². The predicted octanol–water partition coefficient (Wildman–Crippen LogP) is 13.5. The van der Waals surface area contributed by atoms with Crippen LogP contribution in [-0.4, -0.2) is 0 Å². The molecule has 0 aromatic heterocycles. The van der Waals surface area contributed by atoms with Crippen LogP contribution in [0.5, 0.6) is 0 Å². The first-order chi connectivity index (χ1) is 26.0. The minimum Gasteiger partial charge on any atom is -0.310 e. The lowest BCUT2D eigenvalue weighted by Crippen LogP contribution is -2.30. The maximum absolute atomic E-state index is 2.50. The van der Waals surface area contributed by atoms with Crippen molar-refractivity contribution in [3.05, 3.63) is 221 Å². The van der Waals surface area contributed by atoms with Crippen molar-refractivity contribution in [2.24, 2.45) is 0 Å². The fourth-order valence-corrected chi connectivity index (χ4v) is 9.87. The molecule has 1 heterocycles. The van der Waals surface area contributed by atoms with E-state index in [1.807, 2.05) is 0 Å². The summed E-state index contributed by atoms with van der Waals surface area (Å²) >= 11 is 0. The second-order valence-electron chi connectivity index (χ2n) is 15.3. The lowest BCUT2D eigenvalue weighted by molar-refractivity contribution is 0.632. The number of fused-ring (bicyclic) bond motifs is 12. The fraction of sp³-hybridized carbons (Fsp3) is 0.0769. The monoisotopic (exact) mass is 675 g/mol. The van der Waals surface area contributed by atoms with Crippen LogP contribution >= 0.6 is 0 Å². The highest BCUT2D eigenvalue weighted by Gasteiger charge is 2.51. The number of anilines is 3. The van der Waals surface area contributed by atoms with Gasteiger partial charge in [0.25, 0.3) is 0 Å². The van der Waals surface area contributed by atoms with E-state index < -0.39 is 0 Å². The van der Waals surface area contributed by atoms with Gasteiger partial charge in [-0.1, -0.05) is 166 Å². The quantitative estimate of drug-likeness (QED) is 0.180. The van der Waals surface area contributed by atoms with Gasteiger partial charge in [0.2, 0.25) is 0 Å². The summed E-state index contributed by atoms with van der Waals surface area (Å²) in [5.41, 5.74) is 21.5. The molecule has 250 valence electrons. The Morgan fingerprint density at radius 3 is 1.38 bits per heavy atom. The minimum absolute atomic E-state index is 0.195. The van der Waals surface area contributed by atoms with Gasteiger partial charge in [0.15, 0.2) is 0 Å². The molecule has 0 radical (unpaired) electrons. The van der Waals surface area contributed by atoms with E-state index in [1.54, 1.807) is 0 Å². The molecule has 0 fully saturated rings. The van der Waals surface area contributed by atoms with E-state index in [1.165, 1.54) is 89.3 Å². The maximum Gasteiger partial charge on any atom is 0.0725 e. The molecule has 0 atom stereocenters. The summed E-state index contributed by atoms with van der Waals surface area (Å²) in [6, 6.07) is 70.1. The number of benzene rings is 8. The molecular formula is C52H37N. The first kappa shape index (κ1) is 30.2. The normalized spacial score (nSPS) is 14.9. The molecule has 0 saturated heterocycles. The zero-order chi connectivity index (χ0) is 35.3. The van der Waals surface area contributed by atoms with Gasteiger partial charge in [0.05, 0.1) is 16.8 Å². The Labute approximate surface area is 311 Å². The molecule has 53 heavy (non-hydrogen) atoms. The summed E-state index contributed by atoms with van der Waals surface area (Å²) in [4.78, 5) is 2.45. The Bertz CT molecular complexity index is 2690. The topological polar surface area (TPSA) is 3.24 Å². The van der Waals surface area contributed by atoms with Crippen LogP contribution in [0.2, 0.25) is 0 Å². The van der Waals surface area contributed by atoms with Crippen molar-refractivity contribution in [3.63, 3.8) is 0 Å². The van der Waals surface area contributed by atoms with Gasteiger partial charge in [0, 0.05) is 11.1 Å². The van der Waals surface area contributed by atoms with Gasteiger partial charge in [0.1, 0.15) is 0 Å². The van der Waals surface area contributed by atoms with E-state index in [2.05, 4.69) is 207 Å². The van der Waals surface area contributed by atoms with E-state index >= 15 is 0 Å². The zero-order valence-corrected chi connectivity index (χ0v) is 29.8. The highest BCUT2D eigenvalue weighted by Crippen LogP contribution is 2.63. The average Bonchev–Trinajstić information content (AvgIpc) is 3.69. The Balaban J connectivity index is 1.09. The van der Waals surface area contributed by atoms with Crippen molar-refractivity contribution < 1.29 is 0 Å². The van der Waals surface area contributed by atoms with Gasteiger partial charge < -0.3 is 4.90 Å². The predicted molar refractivity (Wildman–Crippen MR) is 220 cm³/mol. The minimum atomic E-state index is -0.357. The number of hydrogen-bond donors (Lipinski definition) is 0. The molecule has 1 aliphatic heterocycles. The zero-order valence-electron chi connectivity index (χ0n) is 29.8. The third-order valence-electron chi connectivity index (χ3n) is 12.3. The Kier molecular flexibility index (Phi) is 6.29. The number of rotatable bonds is 3. The molecule has 8 aromatic rings. The number of nitrogens with zero attached hydrogens (tertiary/aromatic N) is 1. The van der Waals surface area contributed by atoms with Crippen LogP contribution in [0.25, 0.3) is 44.5 Å². The van der Waals surface area contributed by atoms with Crippen molar-refractivity contribution in [2.45, 2.75) is 24.7 Å². The van der Waals surface area contributed by atoms with Crippen molar-refractivity contribution >= 4 is 17.1 Å². The molecule has 1 spiro atoms. The molecular weight excluding hydrogens is 639 g/mol. The Morgan fingerprint density at radius 2 is 0.755 bits per heavy atom. The SMILES string of the molecule is CC1(C)c2ccccc2N(c2ccc(-c3ccccc3)cc2)c2ccc(-c3ccc4c(c3)C3(c5ccccc5-c5ccccc53)c3ccccc3-4)cc21. The largest absolute Gasteiger partial charge is 0.310 e. The molecule has 1 nitrogen and oxygen atoms in total. The summed E-state index contributed by atoms with van der Waals surface area (Å²) < 4.78 is 0. The van der Waals surface area contributed by atoms with Gasteiger partial charge in [-0.05, 0) is 114 Å². The van der Waals surface area contributed by atoms with E-state index in [0.717, 1.165) is 5.69 Å². The van der Waals surface area contributed by atoms with Gasteiger partial charge in [-0.25, -0.2) is 0 Å². The van der Waals surface area contributed by atoms with Crippen LogP contribution in [0.3, 0.4) is 0 Å². The van der Waals surface area contributed by atoms with E-state index in [0.29, 0.717) is 0 Å². The molecule has 0 saturated carbocycles. The lowest BCUT2D eigenvalue weighted by atomic mass is 9.70. The summed E-state index contributed by atoms with van der Waals surface area (Å²) in [6.45, 7) is 4.76. The smallest absolute Gasteiger partial charge is 0.0725 e. The van der Waals surface area contributed by atoms with Crippen molar-refractivity contribution in [1.82, 2.24) is 0 Å². The van der Waals surface area contributed by atoms with Gasteiger partial charge in [-0.2, -0.15) is 0 Å². The summed E-state index contributed by atoms with van der Waals surface area (Å²) in [7, 11) is 0. The first-order valence-corrected chi connectivity index (χ1v) is 18.7. The van der Waals surface area contributed by atoms with Gasteiger partial charge in [-0.15, -0.1) is 0 Å². The highest BCUT2D eigenvalue weighted by molar-refractivity contribution is 5.96. The average molecular weight is 676 g/mol. The van der Waals surface area contributed by atoms with Crippen LogP contribution in [0, 0.1) is 0 Å². The molecule has 3 aliphatic rings. The molecule has 0 amide bonds. The fourth-order valence-electron chi connectivity index (χ4n) is 9.87. The molecule has 1 heteroatoms. The van der Waals surface area contributed by atoms with Crippen molar-refractivity contribution in [1.29, 1.82) is 0 Å². The molecule has 11 rings (SSSR count). The van der Waals surface area contributed by atoms with Crippen molar-refractivity contribution in [2.75, 3.05) is 4.90 Å². The standard InChI is InChI=1S/C52H37N/c1-51(2)46-22-12-13-23-49(46)53(38-28-24-35(25-29-38)34-14-4-3-5-15-34)50-31-27-37(33-48(50)51)36-26-30-42-41-18-8-11-21-45(41)52(47(42)32-36)43-19-9-6-16-39(43)40-17-7-10-20-44(40)52/h3-33H,1-2H3. The first-order valence-electron chi connectivity index (χ1n) is 18.7. The highest BCUT2D eigenvalue weighted by atomic mass is 15.2. The van der Waals surface area contributed by atoms with Crippen LogP contribution < -0.4 is 4.90 Å². The molecule has 8 aromatic carbocycles. The second kappa shape index (κ2) is 11.0. The maximum atomic E-state index is 2.50. The lowest BCUT2D eigenvalue weighted by Gasteiger charge is -2.42. The van der Waals surface area contributed by atoms with Crippen LogP contribution in [0.4, 0.5) is 17.1 Å². The molecule has 0 bridgehead atoms. The van der Waals surface area contributed by atoms with Crippen molar-refractivity contribution in [3.8, 4) is 44.5 Å². The number of hydrogen-bond acceptors (Lipinski definition) is 1. The van der Waals surface area contributed by atoms with Gasteiger partial charge in [-0.3, -0.25) is 0 Å². The van der Waals surface area contributed by atoms with Crippen LogP contribution in [0.15, 0.2) is 188 Å². The summed E-state index contributed by atoms with van der Waals surface area (Å²) in [5, 5.41) is 0. The number of para-hydroxylation sites is 1. The third kappa shape index (κ3) is 4.08. The molecule has 2 aliphatic carbocycles. The Morgan fingerprint density at radius 1 is 0.321 bits per heavy atom. The van der Waals surface area contributed by atoms with E-state index in [4.69, 9.17) is 0 Å². The summed E-state index contributed by atoms with van der Waals surface area (Å²) in [5.74, 6) is 0. The molecule has 0 N–H and O–H groups in total. The summed E-state index contributed by atoms with van der Waals surface area (Å²) in [6.07, 6.45) is 0. The third-order valence-corrected chi connectivity index (χ3v) is 12.3. The Hall–Kier alpha value is -6.44. The van der Waals surface area contributed by atoms with E-state index in [9.17, 15) is 0 Å².